The van der Waals surface area contributed by atoms with Crippen molar-refractivity contribution in [3.05, 3.63) is 101 Å². The Morgan fingerprint density at radius 3 is 2.52 bits per heavy atom. The number of aryl methyl sites for hydroxylation is 1. The lowest BCUT2D eigenvalue weighted by Gasteiger charge is -2.25. The molecule has 0 unspecified atom stereocenters. The van der Waals surface area contributed by atoms with E-state index in [1.165, 1.54) is 0 Å². The van der Waals surface area contributed by atoms with Gasteiger partial charge in [-0.05, 0) is 47.9 Å². The lowest BCUT2D eigenvalue weighted by molar-refractivity contribution is 0.0252. The maximum Gasteiger partial charge on any atom is 0.339 e. The molecule has 0 aromatic heterocycles. The molecule has 4 rings (SSSR count). The molecule has 0 spiro atoms. The molecule has 134 valence electrons. The number of hydrogen-bond donors (Lipinski definition) is 1. The van der Waals surface area contributed by atoms with Crippen molar-refractivity contribution in [1.82, 2.24) is 0 Å². The zero-order chi connectivity index (χ0) is 18.8. The maximum absolute atomic E-state index is 12.7. The third-order valence-corrected chi connectivity index (χ3v) is 4.81. The van der Waals surface area contributed by atoms with Gasteiger partial charge < -0.3 is 10.1 Å². The minimum absolute atomic E-state index is 0.192. The normalized spacial score (nSPS) is 15.6. The van der Waals surface area contributed by atoms with Crippen molar-refractivity contribution in [2.24, 2.45) is 0 Å². The predicted octanol–water partition coefficient (Wildman–Crippen LogP) is 4.70. The van der Waals surface area contributed by atoms with E-state index < -0.39 is 0 Å². The summed E-state index contributed by atoms with van der Waals surface area (Å²) < 4.78 is 5.57. The van der Waals surface area contributed by atoms with E-state index >= 15 is 0 Å². The van der Waals surface area contributed by atoms with Crippen LogP contribution in [0.15, 0.2) is 72.8 Å². The zero-order valence-electron chi connectivity index (χ0n) is 14.9. The summed E-state index contributed by atoms with van der Waals surface area (Å²) in [6.07, 6.45) is 0.220. The van der Waals surface area contributed by atoms with Crippen molar-refractivity contribution in [1.29, 1.82) is 0 Å². The first-order valence-corrected chi connectivity index (χ1v) is 8.87. The van der Waals surface area contributed by atoms with Gasteiger partial charge in [0.1, 0.15) is 6.10 Å². The molecular formula is C23H19NO3. The van der Waals surface area contributed by atoms with Crippen LogP contribution in [-0.4, -0.2) is 11.9 Å². The molecule has 1 N–H and O–H groups in total. The Hall–Kier alpha value is -3.40. The number of carbonyl (C=O) groups is 2. The van der Waals surface area contributed by atoms with Crippen molar-refractivity contribution in [2.75, 3.05) is 5.32 Å². The topological polar surface area (TPSA) is 55.4 Å². The summed E-state index contributed by atoms with van der Waals surface area (Å²) in [4.78, 5) is 25.0. The predicted molar refractivity (Wildman–Crippen MR) is 104 cm³/mol. The van der Waals surface area contributed by atoms with Crippen LogP contribution in [0.3, 0.4) is 0 Å². The molecule has 1 atom stereocenters. The summed E-state index contributed by atoms with van der Waals surface area (Å²) in [6.45, 7) is 1.95. The summed E-state index contributed by atoms with van der Waals surface area (Å²) >= 11 is 0. The average Bonchev–Trinajstić information content (AvgIpc) is 2.70. The highest BCUT2D eigenvalue weighted by atomic mass is 16.5. The monoisotopic (exact) mass is 357 g/mol. The second kappa shape index (κ2) is 7.08. The van der Waals surface area contributed by atoms with E-state index in [4.69, 9.17) is 4.74 Å². The summed E-state index contributed by atoms with van der Waals surface area (Å²) in [5, 5.41) is 2.93. The molecular weight excluding hydrogens is 338 g/mol. The number of ether oxygens (including phenoxy) is 1. The standard InChI is InChI=1S/C23H19NO3/c1-15-7-5-6-10-20(15)24-22(25)17-11-12-19-18(13-17)14-21(27-23(19)26)16-8-3-2-4-9-16/h2-13,21H,14H2,1H3,(H,24,25)/t21-/m1/s1. The summed E-state index contributed by atoms with van der Waals surface area (Å²) in [5.41, 5.74) is 4.61. The Balaban J connectivity index is 1.60. The Bertz CT molecular complexity index is 1010. The van der Waals surface area contributed by atoms with Crippen molar-refractivity contribution in [3.8, 4) is 0 Å². The molecule has 27 heavy (non-hydrogen) atoms. The third-order valence-electron chi connectivity index (χ3n) is 4.81. The Kier molecular flexibility index (Phi) is 4.47. The average molecular weight is 357 g/mol. The fourth-order valence-electron chi connectivity index (χ4n) is 3.30. The number of para-hydroxylation sites is 1. The molecule has 1 aliphatic rings. The van der Waals surface area contributed by atoms with Gasteiger partial charge in [-0.3, -0.25) is 4.79 Å². The smallest absolute Gasteiger partial charge is 0.339 e. The summed E-state index contributed by atoms with van der Waals surface area (Å²) in [5.74, 6) is -0.543. The maximum atomic E-state index is 12.7. The van der Waals surface area contributed by atoms with E-state index in [2.05, 4.69) is 5.32 Å². The molecule has 4 heteroatoms. The van der Waals surface area contributed by atoms with Crippen LogP contribution in [-0.2, 0) is 11.2 Å². The van der Waals surface area contributed by atoms with Gasteiger partial charge in [0.15, 0.2) is 0 Å². The molecule has 3 aromatic rings. The molecule has 0 bridgehead atoms. The number of benzene rings is 3. The molecule has 1 amide bonds. The van der Waals surface area contributed by atoms with Crippen LogP contribution in [0.5, 0.6) is 0 Å². The van der Waals surface area contributed by atoms with Crippen LogP contribution in [0.25, 0.3) is 0 Å². The number of amides is 1. The lowest BCUT2D eigenvalue weighted by atomic mass is 9.93. The minimum atomic E-state index is -0.351. The van der Waals surface area contributed by atoms with Crippen LogP contribution in [0.1, 0.15) is 43.5 Å². The molecule has 3 aromatic carbocycles. The minimum Gasteiger partial charge on any atom is -0.454 e. The van der Waals surface area contributed by atoms with Crippen molar-refractivity contribution < 1.29 is 14.3 Å². The van der Waals surface area contributed by atoms with E-state index in [0.29, 0.717) is 17.5 Å². The van der Waals surface area contributed by atoms with Gasteiger partial charge in [-0.1, -0.05) is 48.5 Å². The van der Waals surface area contributed by atoms with Crippen molar-refractivity contribution in [2.45, 2.75) is 19.4 Å². The SMILES string of the molecule is Cc1ccccc1NC(=O)c1ccc2c(c1)C[C@H](c1ccccc1)OC2=O. The molecule has 0 fully saturated rings. The van der Waals surface area contributed by atoms with E-state index in [0.717, 1.165) is 22.4 Å². The number of rotatable bonds is 3. The number of esters is 1. The van der Waals surface area contributed by atoms with E-state index in [1.54, 1.807) is 18.2 Å². The first kappa shape index (κ1) is 17.0. The number of cyclic esters (lactones) is 1. The third kappa shape index (κ3) is 3.47. The van der Waals surface area contributed by atoms with Crippen LogP contribution in [0.4, 0.5) is 5.69 Å². The number of anilines is 1. The van der Waals surface area contributed by atoms with Crippen LogP contribution in [0, 0.1) is 6.92 Å². The van der Waals surface area contributed by atoms with E-state index in [1.807, 2.05) is 61.5 Å². The largest absolute Gasteiger partial charge is 0.454 e. The second-order valence-electron chi connectivity index (χ2n) is 6.65. The second-order valence-corrected chi connectivity index (χ2v) is 6.65. The molecule has 0 radical (unpaired) electrons. The highest BCUT2D eigenvalue weighted by Gasteiger charge is 2.28. The van der Waals surface area contributed by atoms with Gasteiger partial charge in [0.25, 0.3) is 5.91 Å². The Labute approximate surface area is 157 Å². The fraction of sp³-hybridized carbons (Fsp3) is 0.130. The highest BCUT2D eigenvalue weighted by molar-refractivity contribution is 6.05. The quantitative estimate of drug-likeness (QED) is 0.691. The summed E-state index contributed by atoms with van der Waals surface area (Å²) in [7, 11) is 0. The van der Waals surface area contributed by atoms with Gasteiger partial charge >= 0.3 is 5.97 Å². The van der Waals surface area contributed by atoms with Crippen molar-refractivity contribution >= 4 is 17.6 Å². The molecule has 0 aliphatic carbocycles. The van der Waals surface area contributed by atoms with Gasteiger partial charge in [-0.2, -0.15) is 0 Å². The van der Waals surface area contributed by atoms with Crippen LogP contribution < -0.4 is 5.32 Å². The van der Waals surface area contributed by atoms with Gasteiger partial charge in [0.05, 0.1) is 5.56 Å². The van der Waals surface area contributed by atoms with E-state index in [-0.39, 0.29) is 18.0 Å². The molecule has 1 heterocycles. The van der Waals surface area contributed by atoms with Gasteiger partial charge in [0.2, 0.25) is 0 Å². The number of carbonyl (C=O) groups excluding carboxylic acids is 2. The van der Waals surface area contributed by atoms with Crippen molar-refractivity contribution in [3.63, 3.8) is 0 Å². The van der Waals surface area contributed by atoms with Crippen LogP contribution >= 0.6 is 0 Å². The number of hydrogen-bond acceptors (Lipinski definition) is 3. The zero-order valence-corrected chi connectivity index (χ0v) is 14.9. The van der Waals surface area contributed by atoms with Crippen LogP contribution in [0.2, 0.25) is 0 Å². The lowest BCUT2D eigenvalue weighted by Crippen LogP contribution is -2.23. The van der Waals surface area contributed by atoms with Gasteiger partial charge in [-0.15, -0.1) is 0 Å². The summed E-state index contributed by atoms with van der Waals surface area (Å²) in [6, 6.07) is 22.4. The first-order valence-electron chi connectivity index (χ1n) is 8.87. The highest BCUT2D eigenvalue weighted by Crippen LogP contribution is 2.31. The number of nitrogens with one attached hydrogen (secondary N) is 1. The first-order chi connectivity index (χ1) is 13.1. The van der Waals surface area contributed by atoms with E-state index in [9.17, 15) is 9.59 Å². The van der Waals surface area contributed by atoms with Gasteiger partial charge in [-0.25, -0.2) is 4.79 Å². The molecule has 4 nitrogen and oxygen atoms in total. The fourth-order valence-corrected chi connectivity index (χ4v) is 3.30. The Morgan fingerprint density at radius 2 is 1.74 bits per heavy atom. The van der Waals surface area contributed by atoms with Gasteiger partial charge in [0, 0.05) is 17.7 Å². The Morgan fingerprint density at radius 1 is 1.00 bits per heavy atom. The molecule has 1 aliphatic heterocycles. The number of fused-ring (bicyclic) bond motifs is 1. The molecule has 0 saturated carbocycles. The molecule has 0 saturated heterocycles.